The Kier molecular flexibility index (Phi) is 6.08. The van der Waals surface area contributed by atoms with Gasteiger partial charge < -0.3 is 10.1 Å². The lowest BCUT2D eigenvalue weighted by Gasteiger charge is -2.09. The van der Waals surface area contributed by atoms with Crippen molar-refractivity contribution in [1.29, 1.82) is 0 Å². The number of non-ortho nitro benzene ring substituents is 1. The molecular weight excluding hydrogens is 392 g/mol. The molecule has 8 nitrogen and oxygen atoms in total. The summed E-state index contributed by atoms with van der Waals surface area (Å²) in [6.45, 7) is 0.395. The van der Waals surface area contributed by atoms with Gasteiger partial charge in [-0.2, -0.15) is 0 Å². The highest BCUT2D eigenvalue weighted by Crippen LogP contribution is 2.32. The first-order valence-electron chi connectivity index (χ1n) is 5.38. The van der Waals surface area contributed by atoms with Gasteiger partial charge in [0.1, 0.15) is 4.90 Å². The monoisotopic (exact) mass is 400 g/mol. The molecule has 21 heavy (non-hydrogen) atoms. The van der Waals surface area contributed by atoms with Gasteiger partial charge in [0.05, 0.1) is 21.6 Å². The fraction of sp³-hybridized carbons (Fsp3) is 0.300. The van der Waals surface area contributed by atoms with Crippen molar-refractivity contribution < 1.29 is 22.9 Å². The lowest BCUT2D eigenvalue weighted by atomic mass is 10.2. The summed E-state index contributed by atoms with van der Waals surface area (Å²) < 4.78 is 27.5. The molecule has 0 saturated carbocycles. The molecule has 1 amide bonds. The lowest BCUT2D eigenvalue weighted by Crippen LogP contribution is -2.27. The average molecular weight is 402 g/mol. The van der Waals surface area contributed by atoms with Gasteiger partial charge in [-0.1, -0.05) is 0 Å². The van der Waals surface area contributed by atoms with Gasteiger partial charge in [-0.25, -0.2) is 8.42 Å². The lowest BCUT2D eigenvalue weighted by molar-refractivity contribution is -0.385. The van der Waals surface area contributed by atoms with Crippen LogP contribution in [0.1, 0.15) is 10.4 Å². The van der Waals surface area contributed by atoms with Crippen molar-refractivity contribution in [3.63, 3.8) is 0 Å². The summed E-state index contributed by atoms with van der Waals surface area (Å²) in [6.07, 6.45) is 0. The zero-order valence-electron chi connectivity index (χ0n) is 10.6. The molecule has 0 atom stereocenters. The maximum Gasteiger partial charge on any atom is 0.271 e. The molecular formula is C10H10BrClN2O6S. The average Bonchev–Trinajstić information content (AvgIpc) is 2.37. The zero-order valence-corrected chi connectivity index (χ0v) is 13.8. The molecule has 1 rings (SSSR count). The first-order chi connectivity index (χ1) is 9.68. The fourth-order valence-electron chi connectivity index (χ4n) is 1.39. The second-order valence-corrected chi connectivity index (χ2v) is 7.08. The van der Waals surface area contributed by atoms with Gasteiger partial charge in [-0.3, -0.25) is 14.9 Å². The largest absolute Gasteiger partial charge is 0.383 e. The van der Waals surface area contributed by atoms with Gasteiger partial charge in [-0.05, 0) is 15.9 Å². The van der Waals surface area contributed by atoms with E-state index in [-0.39, 0.29) is 23.2 Å². The number of rotatable bonds is 6. The molecule has 11 heteroatoms. The molecule has 116 valence electrons. The van der Waals surface area contributed by atoms with Crippen LogP contribution in [-0.4, -0.2) is 39.5 Å². The molecule has 0 aliphatic heterocycles. The highest BCUT2D eigenvalue weighted by molar-refractivity contribution is 9.10. The van der Waals surface area contributed by atoms with E-state index in [4.69, 9.17) is 15.4 Å². The Morgan fingerprint density at radius 3 is 2.62 bits per heavy atom. The van der Waals surface area contributed by atoms with Crippen molar-refractivity contribution in [2.24, 2.45) is 0 Å². The Hall–Kier alpha value is -1.23. The molecule has 0 saturated heterocycles. The second-order valence-electron chi connectivity index (χ2n) is 3.75. The molecule has 0 fully saturated rings. The Morgan fingerprint density at radius 1 is 1.52 bits per heavy atom. The minimum atomic E-state index is -4.25. The number of hydrogen-bond donors (Lipinski definition) is 1. The van der Waals surface area contributed by atoms with Gasteiger partial charge in [0.25, 0.3) is 20.6 Å². The van der Waals surface area contributed by atoms with E-state index in [1.165, 1.54) is 7.11 Å². The molecule has 0 radical (unpaired) electrons. The maximum atomic E-state index is 11.9. The number of amides is 1. The van der Waals surface area contributed by atoms with Crippen LogP contribution in [-0.2, 0) is 13.8 Å². The van der Waals surface area contributed by atoms with E-state index in [2.05, 4.69) is 21.2 Å². The normalized spacial score (nSPS) is 11.2. The summed E-state index contributed by atoms with van der Waals surface area (Å²) in [5.74, 6) is -0.691. The summed E-state index contributed by atoms with van der Waals surface area (Å²) in [5, 5.41) is 13.3. The van der Waals surface area contributed by atoms with Crippen LogP contribution in [0.25, 0.3) is 0 Å². The van der Waals surface area contributed by atoms with Gasteiger partial charge >= 0.3 is 0 Å². The number of nitrogens with one attached hydrogen (secondary N) is 1. The van der Waals surface area contributed by atoms with Crippen LogP contribution in [0.15, 0.2) is 21.5 Å². The summed E-state index contributed by atoms with van der Waals surface area (Å²) in [4.78, 5) is 21.4. The van der Waals surface area contributed by atoms with E-state index >= 15 is 0 Å². The van der Waals surface area contributed by atoms with Crippen LogP contribution in [0.5, 0.6) is 0 Å². The number of hydrogen-bond acceptors (Lipinski definition) is 6. The van der Waals surface area contributed by atoms with Crippen LogP contribution < -0.4 is 5.32 Å². The number of halogens is 2. The highest BCUT2D eigenvalue weighted by Gasteiger charge is 2.25. The van der Waals surface area contributed by atoms with E-state index in [1.807, 2.05) is 0 Å². The number of carbonyl (C=O) groups excluding carboxylic acids is 1. The third-order valence-electron chi connectivity index (χ3n) is 2.33. The quantitative estimate of drug-likeness (QED) is 0.335. The van der Waals surface area contributed by atoms with Crippen LogP contribution in [0.4, 0.5) is 5.69 Å². The third-order valence-corrected chi connectivity index (χ3v) is 4.80. The first-order valence-corrected chi connectivity index (χ1v) is 8.48. The third kappa shape index (κ3) is 4.63. The first kappa shape index (κ1) is 17.8. The Bertz CT molecular complexity index is 678. The summed E-state index contributed by atoms with van der Waals surface area (Å²) in [5.41, 5.74) is -0.770. The Balaban J connectivity index is 3.34. The van der Waals surface area contributed by atoms with E-state index in [0.29, 0.717) is 0 Å². The molecule has 1 N–H and O–H groups in total. The number of methoxy groups -OCH3 is 1. The molecule has 0 aromatic heterocycles. The minimum absolute atomic E-state index is 0.141. The van der Waals surface area contributed by atoms with Crippen molar-refractivity contribution >= 4 is 47.3 Å². The van der Waals surface area contributed by atoms with Gasteiger partial charge in [0.2, 0.25) is 0 Å². The van der Waals surface area contributed by atoms with Crippen LogP contribution >= 0.6 is 26.6 Å². The minimum Gasteiger partial charge on any atom is -0.383 e. The van der Waals surface area contributed by atoms with Crippen LogP contribution in [0.2, 0.25) is 0 Å². The molecule has 0 heterocycles. The number of carbonyl (C=O) groups is 1. The van der Waals surface area contributed by atoms with E-state index < -0.39 is 30.5 Å². The van der Waals surface area contributed by atoms with E-state index in [9.17, 15) is 23.3 Å². The van der Waals surface area contributed by atoms with E-state index in [1.54, 1.807) is 0 Å². The fourth-order valence-corrected chi connectivity index (χ4v) is 3.67. The number of ether oxygens (including phenoxy) is 1. The zero-order chi connectivity index (χ0) is 16.2. The predicted octanol–water partition coefficient (Wildman–Crippen LogP) is 1.66. The van der Waals surface area contributed by atoms with E-state index in [0.717, 1.165) is 12.1 Å². The molecule has 0 aliphatic carbocycles. The van der Waals surface area contributed by atoms with Crippen LogP contribution in [0, 0.1) is 10.1 Å². The molecule has 0 bridgehead atoms. The smallest absolute Gasteiger partial charge is 0.271 e. The highest BCUT2D eigenvalue weighted by atomic mass is 79.9. The number of nitrogens with zero attached hydrogens (tertiary/aromatic N) is 1. The summed E-state index contributed by atoms with van der Waals surface area (Å²) in [7, 11) is 2.40. The van der Waals surface area contributed by atoms with Crippen molar-refractivity contribution in [1.82, 2.24) is 5.32 Å². The van der Waals surface area contributed by atoms with Gasteiger partial charge in [0, 0.05) is 36.5 Å². The molecule has 0 unspecified atom stereocenters. The topological polar surface area (TPSA) is 116 Å². The second kappa shape index (κ2) is 7.16. The predicted molar refractivity (Wildman–Crippen MR) is 78.0 cm³/mol. The summed E-state index contributed by atoms with van der Waals surface area (Å²) >= 11 is 2.93. The summed E-state index contributed by atoms with van der Waals surface area (Å²) in [6, 6.07) is 1.73. The standard InChI is InChI=1S/C10H10BrClN2O6S/c1-20-3-2-13-10(15)7-4-6(14(16)17)5-8(9(7)11)21(12,18)19/h4-5H,2-3H2,1H3,(H,13,15). The Morgan fingerprint density at radius 2 is 2.14 bits per heavy atom. The number of nitro benzene ring substituents is 1. The van der Waals surface area contributed by atoms with Gasteiger partial charge in [-0.15, -0.1) is 0 Å². The number of nitro groups is 1. The van der Waals surface area contributed by atoms with Crippen molar-refractivity contribution in [2.45, 2.75) is 4.90 Å². The Labute approximate surface area is 133 Å². The van der Waals surface area contributed by atoms with Crippen molar-refractivity contribution in [3.8, 4) is 0 Å². The van der Waals surface area contributed by atoms with Gasteiger partial charge in [0.15, 0.2) is 0 Å². The molecule has 0 aliphatic rings. The SMILES string of the molecule is COCCNC(=O)c1cc([N+](=O)[O-])cc(S(=O)(=O)Cl)c1Br. The van der Waals surface area contributed by atoms with Crippen molar-refractivity contribution in [3.05, 3.63) is 32.3 Å². The van der Waals surface area contributed by atoms with Crippen molar-refractivity contribution in [2.75, 3.05) is 20.3 Å². The maximum absolute atomic E-state index is 11.9. The number of benzene rings is 1. The molecule has 1 aromatic carbocycles. The molecule has 1 aromatic rings. The molecule has 0 spiro atoms. The van der Waals surface area contributed by atoms with Crippen LogP contribution in [0.3, 0.4) is 0 Å².